The Morgan fingerprint density at radius 1 is 0.667 bits per heavy atom. The van der Waals surface area contributed by atoms with Gasteiger partial charge in [0.25, 0.3) is 0 Å². The fraction of sp³-hybridized carbons (Fsp3) is 1.00. The molecular weight excluding hydrogens is 220 g/mol. The molecule has 0 aromatic heterocycles. The van der Waals surface area contributed by atoms with Crippen molar-refractivity contribution in [3.05, 3.63) is 0 Å². The van der Waals surface area contributed by atoms with Crippen molar-refractivity contribution in [2.45, 2.75) is 97.3 Å². The molecule has 18 heavy (non-hydrogen) atoms. The molecule has 1 unspecified atom stereocenters. The zero-order valence-electron chi connectivity index (χ0n) is 12.9. The zero-order chi connectivity index (χ0) is 13.5. The van der Waals surface area contributed by atoms with Gasteiger partial charge in [-0.3, -0.25) is 0 Å². The summed E-state index contributed by atoms with van der Waals surface area (Å²) in [5.41, 5.74) is 0. The maximum atomic E-state index is 8.68. The van der Waals surface area contributed by atoms with Crippen LogP contribution >= 0.6 is 0 Å². The number of aliphatic hydroxyl groups is 1. The lowest BCUT2D eigenvalue weighted by Crippen LogP contribution is -1.95. The van der Waals surface area contributed by atoms with Gasteiger partial charge in [-0.25, -0.2) is 0 Å². The largest absolute Gasteiger partial charge is 0.396 e. The fourth-order valence-corrected chi connectivity index (χ4v) is 2.55. The number of rotatable bonds is 14. The standard InChI is InChI=1S/C17H36O/c1-3-4-5-8-11-14-17(2)15-12-9-6-7-10-13-16-18/h17-18H,3-16H2,1-2H3. The molecule has 1 heteroatoms. The summed E-state index contributed by atoms with van der Waals surface area (Å²) < 4.78 is 0. The van der Waals surface area contributed by atoms with Crippen LogP contribution < -0.4 is 0 Å². The topological polar surface area (TPSA) is 20.2 Å². The Balaban J connectivity index is 3.09. The van der Waals surface area contributed by atoms with Crippen molar-refractivity contribution >= 4 is 0 Å². The van der Waals surface area contributed by atoms with E-state index in [1.807, 2.05) is 0 Å². The van der Waals surface area contributed by atoms with Crippen LogP contribution in [0, 0.1) is 5.92 Å². The van der Waals surface area contributed by atoms with Gasteiger partial charge in [-0.2, -0.15) is 0 Å². The molecule has 0 heterocycles. The molecule has 1 nitrogen and oxygen atoms in total. The van der Waals surface area contributed by atoms with E-state index in [0.717, 1.165) is 12.3 Å². The average Bonchev–Trinajstić information content (AvgIpc) is 2.37. The van der Waals surface area contributed by atoms with Crippen molar-refractivity contribution in [2.24, 2.45) is 5.92 Å². The van der Waals surface area contributed by atoms with Crippen LogP contribution in [0.1, 0.15) is 97.3 Å². The van der Waals surface area contributed by atoms with E-state index >= 15 is 0 Å². The zero-order valence-corrected chi connectivity index (χ0v) is 12.9. The van der Waals surface area contributed by atoms with Gasteiger partial charge in [0, 0.05) is 6.61 Å². The van der Waals surface area contributed by atoms with Gasteiger partial charge in [0.1, 0.15) is 0 Å². The van der Waals surface area contributed by atoms with Crippen LogP contribution in [-0.2, 0) is 0 Å². The second kappa shape index (κ2) is 15.0. The molecule has 0 aromatic rings. The van der Waals surface area contributed by atoms with Crippen molar-refractivity contribution in [1.82, 2.24) is 0 Å². The van der Waals surface area contributed by atoms with Gasteiger partial charge in [-0.1, -0.05) is 90.9 Å². The van der Waals surface area contributed by atoms with Gasteiger partial charge < -0.3 is 5.11 Å². The minimum Gasteiger partial charge on any atom is -0.396 e. The third-order valence-electron chi connectivity index (χ3n) is 3.91. The van der Waals surface area contributed by atoms with E-state index in [1.165, 1.54) is 77.0 Å². The van der Waals surface area contributed by atoms with Crippen LogP contribution in [0.4, 0.5) is 0 Å². The van der Waals surface area contributed by atoms with Gasteiger partial charge >= 0.3 is 0 Å². The maximum absolute atomic E-state index is 8.68. The highest BCUT2D eigenvalue weighted by Crippen LogP contribution is 2.18. The first-order valence-electron chi connectivity index (χ1n) is 8.42. The Morgan fingerprint density at radius 2 is 1.11 bits per heavy atom. The summed E-state index contributed by atoms with van der Waals surface area (Å²) in [6.45, 7) is 5.07. The highest BCUT2D eigenvalue weighted by molar-refractivity contribution is 4.55. The molecule has 0 aliphatic carbocycles. The lowest BCUT2D eigenvalue weighted by Gasteiger charge is -2.10. The second-order valence-corrected chi connectivity index (χ2v) is 5.94. The van der Waals surface area contributed by atoms with E-state index in [0.29, 0.717) is 6.61 Å². The third-order valence-corrected chi connectivity index (χ3v) is 3.91. The molecule has 0 aliphatic heterocycles. The minimum absolute atomic E-state index is 0.370. The SMILES string of the molecule is CCCCCCCC(C)CCCCCCCCO. The van der Waals surface area contributed by atoms with Gasteiger partial charge in [-0.15, -0.1) is 0 Å². The van der Waals surface area contributed by atoms with E-state index in [9.17, 15) is 0 Å². The number of aliphatic hydroxyl groups excluding tert-OH is 1. The lowest BCUT2D eigenvalue weighted by atomic mass is 9.96. The van der Waals surface area contributed by atoms with Gasteiger partial charge in [0.2, 0.25) is 0 Å². The Labute approximate surface area is 115 Å². The Kier molecular flexibility index (Phi) is 15.0. The van der Waals surface area contributed by atoms with E-state index in [4.69, 9.17) is 5.11 Å². The fourth-order valence-electron chi connectivity index (χ4n) is 2.55. The van der Waals surface area contributed by atoms with E-state index in [2.05, 4.69) is 13.8 Å². The summed E-state index contributed by atoms with van der Waals surface area (Å²) >= 11 is 0. The van der Waals surface area contributed by atoms with E-state index in [1.54, 1.807) is 0 Å². The van der Waals surface area contributed by atoms with Crippen LogP contribution in [0.5, 0.6) is 0 Å². The van der Waals surface area contributed by atoms with Crippen molar-refractivity contribution in [3.8, 4) is 0 Å². The molecule has 0 amide bonds. The molecule has 0 radical (unpaired) electrons. The predicted molar refractivity (Wildman–Crippen MR) is 81.9 cm³/mol. The molecule has 0 saturated heterocycles. The molecule has 0 spiro atoms. The van der Waals surface area contributed by atoms with Crippen molar-refractivity contribution in [2.75, 3.05) is 6.61 Å². The highest BCUT2D eigenvalue weighted by atomic mass is 16.2. The molecule has 0 aliphatic rings. The first-order valence-corrected chi connectivity index (χ1v) is 8.42. The number of unbranched alkanes of at least 4 members (excludes halogenated alkanes) is 9. The normalized spacial score (nSPS) is 12.8. The first kappa shape index (κ1) is 18.0. The van der Waals surface area contributed by atoms with Gasteiger partial charge in [-0.05, 0) is 12.3 Å². The summed E-state index contributed by atoms with van der Waals surface area (Å²) in [7, 11) is 0. The van der Waals surface area contributed by atoms with Gasteiger partial charge in [0.05, 0.1) is 0 Å². The minimum atomic E-state index is 0.370. The summed E-state index contributed by atoms with van der Waals surface area (Å²) in [4.78, 5) is 0. The summed E-state index contributed by atoms with van der Waals surface area (Å²) in [6, 6.07) is 0. The van der Waals surface area contributed by atoms with Crippen LogP contribution in [0.25, 0.3) is 0 Å². The van der Waals surface area contributed by atoms with E-state index in [-0.39, 0.29) is 0 Å². The molecular formula is C17H36O. The molecule has 1 atom stereocenters. The molecule has 0 rings (SSSR count). The van der Waals surface area contributed by atoms with Gasteiger partial charge in [0.15, 0.2) is 0 Å². The van der Waals surface area contributed by atoms with Crippen LogP contribution in [0.3, 0.4) is 0 Å². The molecule has 0 fully saturated rings. The molecule has 110 valence electrons. The highest BCUT2D eigenvalue weighted by Gasteiger charge is 2.01. The smallest absolute Gasteiger partial charge is 0.0431 e. The van der Waals surface area contributed by atoms with E-state index < -0.39 is 0 Å². The van der Waals surface area contributed by atoms with Crippen molar-refractivity contribution in [1.29, 1.82) is 0 Å². The van der Waals surface area contributed by atoms with Crippen LogP contribution in [-0.4, -0.2) is 11.7 Å². The average molecular weight is 256 g/mol. The van der Waals surface area contributed by atoms with Crippen LogP contribution in [0.15, 0.2) is 0 Å². The summed E-state index contributed by atoms with van der Waals surface area (Å²) in [5, 5.41) is 8.68. The van der Waals surface area contributed by atoms with Crippen molar-refractivity contribution < 1.29 is 5.11 Å². The number of hydrogen-bond acceptors (Lipinski definition) is 1. The van der Waals surface area contributed by atoms with Crippen molar-refractivity contribution in [3.63, 3.8) is 0 Å². The Bertz CT molecular complexity index is 145. The third kappa shape index (κ3) is 14.0. The summed E-state index contributed by atoms with van der Waals surface area (Å²) in [6.07, 6.45) is 17.6. The Morgan fingerprint density at radius 3 is 1.61 bits per heavy atom. The molecule has 1 N–H and O–H groups in total. The molecule has 0 bridgehead atoms. The van der Waals surface area contributed by atoms with Crippen LogP contribution in [0.2, 0.25) is 0 Å². The quantitative estimate of drug-likeness (QED) is 0.395. The predicted octanol–water partition coefficient (Wildman–Crippen LogP) is 5.71. The number of hydrogen-bond donors (Lipinski definition) is 1. The first-order chi connectivity index (χ1) is 8.81. The summed E-state index contributed by atoms with van der Waals surface area (Å²) in [5.74, 6) is 0.934. The maximum Gasteiger partial charge on any atom is 0.0431 e. The second-order valence-electron chi connectivity index (χ2n) is 5.94. The Hall–Kier alpha value is -0.0400. The lowest BCUT2D eigenvalue weighted by molar-refractivity contribution is 0.282. The molecule has 0 saturated carbocycles. The molecule has 0 aromatic carbocycles. The monoisotopic (exact) mass is 256 g/mol.